The summed E-state index contributed by atoms with van der Waals surface area (Å²) in [5.41, 5.74) is 8.03. The molecule has 2 aromatic heterocycles. The molecule has 0 aliphatic carbocycles. The summed E-state index contributed by atoms with van der Waals surface area (Å²) in [6, 6.07) is 3.86. The molecule has 0 atom stereocenters. The van der Waals surface area contributed by atoms with Gasteiger partial charge < -0.3 is 10.3 Å². The zero-order valence-electron chi connectivity index (χ0n) is 14.3. The molecule has 3 N–H and O–H groups in total. The van der Waals surface area contributed by atoms with E-state index in [-0.39, 0.29) is 15.6 Å². The molecule has 0 unspecified atom stereocenters. The summed E-state index contributed by atoms with van der Waals surface area (Å²) in [5, 5.41) is 12.1. The molecule has 0 fully saturated rings. The fourth-order valence-electron chi connectivity index (χ4n) is 2.46. The molecule has 0 saturated heterocycles. The van der Waals surface area contributed by atoms with Crippen LogP contribution < -0.4 is 11.1 Å². The van der Waals surface area contributed by atoms with Crippen molar-refractivity contribution in [1.29, 1.82) is 5.26 Å². The van der Waals surface area contributed by atoms with Crippen LogP contribution in [0.3, 0.4) is 0 Å². The second kappa shape index (κ2) is 7.77. The highest BCUT2D eigenvalue weighted by Crippen LogP contribution is 2.21. The number of carbonyl (C=O) groups is 2. The summed E-state index contributed by atoms with van der Waals surface area (Å²) >= 11 is 0.961. The molecule has 0 bridgehead atoms. The fraction of sp³-hybridized carbons (Fsp3) is 0.294. The number of thiazole rings is 1. The van der Waals surface area contributed by atoms with Crippen molar-refractivity contribution in [3.8, 4) is 6.07 Å². The number of aryl methyl sites for hydroxylation is 1. The van der Waals surface area contributed by atoms with Crippen molar-refractivity contribution in [2.24, 2.45) is 5.73 Å². The largest absolute Gasteiger partial charge is 0.365 e. The molecule has 2 amide bonds. The SMILES string of the molecule is CCCn1c(C)cc(/C=C(\C#N)C(=O)Nc2ncc(C(N)=O)s2)c1C. The Labute approximate surface area is 149 Å². The Morgan fingerprint density at radius 1 is 1.48 bits per heavy atom. The molecule has 8 heteroatoms. The van der Waals surface area contributed by atoms with E-state index in [4.69, 9.17) is 5.73 Å². The van der Waals surface area contributed by atoms with Gasteiger partial charge in [0.15, 0.2) is 5.13 Å². The van der Waals surface area contributed by atoms with Crippen molar-refractivity contribution in [2.45, 2.75) is 33.7 Å². The third kappa shape index (κ3) is 4.14. The van der Waals surface area contributed by atoms with Crippen molar-refractivity contribution in [1.82, 2.24) is 9.55 Å². The van der Waals surface area contributed by atoms with Gasteiger partial charge in [-0.05, 0) is 38.0 Å². The van der Waals surface area contributed by atoms with E-state index in [0.29, 0.717) is 0 Å². The molecule has 2 aromatic rings. The number of nitrogens with zero attached hydrogens (tertiary/aromatic N) is 3. The van der Waals surface area contributed by atoms with Gasteiger partial charge >= 0.3 is 0 Å². The van der Waals surface area contributed by atoms with Crippen LogP contribution in [0.1, 0.15) is 40.0 Å². The highest BCUT2D eigenvalue weighted by atomic mass is 32.1. The van der Waals surface area contributed by atoms with Crippen LogP contribution in [0.15, 0.2) is 17.8 Å². The number of hydrogen-bond acceptors (Lipinski definition) is 5. The lowest BCUT2D eigenvalue weighted by molar-refractivity contribution is -0.112. The normalized spacial score (nSPS) is 11.2. The van der Waals surface area contributed by atoms with Crippen LogP contribution in [-0.2, 0) is 11.3 Å². The van der Waals surface area contributed by atoms with Crippen molar-refractivity contribution in [3.63, 3.8) is 0 Å². The first kappa shape index (κ1) is 18.4. The minimum atomic E-state index is -0.614. The van der Waals surface area contributed by atoms with Gasteiger partial charge in [0.25, 0.3) is 11.8 Å². The number of anilines is 1. The lowest BCUT2D eigenvalue weighted by Gasteiger charge is -2.07. The first-order valence-corrected chi connectivity index (χ1v) is 8.54. The molecular weight excluding hydrogens is 338 g/mol. The Hall–Kier alpha value is -2.92. The zero-order chi connectivity index (χ0) is 18.6. The predicted molar refractivity (Wildman–Crippen MR) is 97.0 cm³/mol. The number of primary amides is 1. The quantitative estimate of drug-likeness (QED) is 0.611. The minimum absolute atomic E-state index is 0.0347. The van der Waals surface area contributed by atoms with E-state index in [9.17, 15) is 14.9 Å². The van der Waals surface area contributed by atoms with Gasteiger partial charge in [0.05, 0.1) is 6.20 Å². The second-order valence-corrected chi connectivity index (χ2v) is 6.53. The van der Waals surface area contributed by atoms with Gasteiger partial charge in [0.2, 0.25) is 0 Å². The number of aromatic nitrogens is 2. The maximum Gasteiger partial charge on any atom is 0.268 e. The third-order valence-electron chi connectivity index (χ3n) is 3.69. The number of carbonyl (C=O) groups excluding carboxylic acids is 2. The van der Waals surface area contributed by atoms with Crippen molar-refractivity contribution in [3.05, 3.63) is 39.7 Å². The van der Waals surface area contributed by atoms with Crippen LogP contribution in [0.5, 0.6) is 0 Å². The maximum atomic E-state index is 12.3. The summed E-state index contributed by atoms with van der Waals surface area (Å²) < 4.78 is 2.15. The Balaban J connectivity index is 2.25. The lowest BCUT2D eigenvalue weighted by Crippen LogP contribution is -2.13. The second-order valence-electron chi connectivity index (χ2n) is 5.50. The van der Waals surface area contributed by atoms with Crippen LogP contribution in [0.2, 0.25) is 0 Å². The Morgan fingerprint density at radius 3 is 2.76 bits per heavy atom. The van der Waals surface area contributed by atoms with Gasteiger partial charge in [-0.3, -0.25) is 14.9 Å². The molecule has 0 aliphatic rings. The Morgan fingerprint density at radius 2 is 2.20 bits per heavy atom. The number of nitriles is 1. The summed E-state index contributed by atoms with van der Waals surface area (Å²) in [7, 11) is 0. The standard InChI is InChI=1S/C17H19N5O2S/c1-4-5-22-10(2)6-12(11(22)3)7-13(8-18)16(24)21-17-20-9-14(25-17)15(19)23/h6-7,9H,4-5H2,1-3H3,(H2,19,23)(H,20,21,24)/b13-7+. The fourth-order valence-corrected chi connectivity index (χ4v) is 3.12. The van der Waals surface area contributed by atoms with Crippen LogP contribution in [0, 0.1) is 25.2 Å². The molecule has 0 aromatic carbocycles. The first-order chi connectivity index (χ1) is 11.9. The Kier molecular flexibility index (Phi) is 5.72. The molecule has 130 valence electrons. The molecule has 7 nitrogen and oxygen atoms in total. The smallest absolute Gasteiger partial charge is 0.268 e. The van der Waals surface area contributed by atoms with E-state index < -0.39 is 11.8 Å². The maximum absolute atomic E-state index is 12.3. The van der Waals surface area contributed by atoms with Gasteiger partial charge in [-0.25, -0.2) is 4.98 Å². The molecular formula is C17H19N5O2S. The Bertz CT molecular complexity index is 885. The first-order valence-electron chi connectivity index (χ1n) is 7.72. The third-order valence-corrected chi connectivity index (χ3v) is 4.62. The van der Waals surface area contributed by atoms with E-state index >= 15 is 0 Å². The highest BCUT2D eigenvalue weighted by molar-refractivity contribution is 7.17. The minimum Gasteiger partial charge on any atom is -0.365 e. The molecule has 25 heavy (non-hydrogen) atoms. The van der Waals surface area contributed by atoms with Gasteiger partial charge in [-0.15, -0.1) is 0 Å². The lowest BCUT2D eigenvalue weighted by atomic mass is 10.1. The van der Waals surface area contributed by atoms with Crippen LogP contribution in [0.25, 0.3) is 6.08 Å². The molecule has 0 radical (unpaired) electrons. The number of rotatable bonds is 6. The summed E-state index contributed by atoms with van der Waals surface area (Å²) in [4.78, 5) is 27.5. The van der Waals surface area contributed by atoms with Crippen molar-refractivity contribution < 1.29 is 9.59 Å². The van der Waals surface area contributed by atoms with Crippen LogP contribution >= 0.6 is 11.3 Å². The van der Waals surface area contributed by atoms with Gasteiger partial charge in [0.1, 0.15) is 16.5 Å². The number of nitrogens with two attached hydrogens (primary N) is 1. The zero-order valence-corrected chi connectivity index (χ0v) is 15.1. The van der Waals surface area contributed by atoms with Gasteiger partial charge in [0, 0.05) is 17.9 Å². The summed E-state index contributed by atoms with van der Waals surface area (Å²) in [6.07, 6.45) is 3.85. The number of amides is 2. The van der Waals surface area contributed by atoms with E-state index in [0.717, 1.165) is 41.3 Å². The van der Waals surface area contributed by atoms with Crippen molar-refractivity contribution in [2.75, 3.05) is 5.32 Å². The molecule has 2 rings (SSSR count). The summed E-state index contributed by atoms with van der Waals surface area (Å²) in [6.45, 7) is 6.93. The highest BCUT2D eigenvalue weighted by Gasteiger charge is 2.15. The average molecular weight is 357 g/mol. The number of nitrogens with one attached hydrogen (secondary N) is 1. The van der Waals surface area contributed by atoms with E-state index in [2.05, 4.69) is 21.8 Å². The van der Waals surface area contributed by atoms with Gasteiger partial charge in [-0.1, -0.05) is 18.3 Å². The van der Waals surface area contributed by atoms with Crippen LogP contribution in [-0.4, -0.2) is 21.4 Å². The van der Waals surface area contributed by atoms with E-state index in [1.54, 1.807) is 6.08 Å². The molecule has 0 aliphatic heterocycles. The van der Waals surface area contributed by atoms with E-state index in [1.165, 1.54) is 6.20 Å². The molecule has 0 saturated carbocycles. The van der Waals surface area contributed by atoms with Crippen LogP contribution in [0.4, 0.5) is 5.13 Å². The molecule has 2 heterocycles. The summed E-state index contributed by atoms with van der Waals surface area (Å²) in [5.74, 6) is -1.19. The topological polar surface area (TPSA) is 114 Å². The molecule has 0 spiro atoms. The number of hydrogen-bond donors (Lipinski definition) is 2. The predicted octanol–water partition coefficient (Wildman–Crippen LogP) is 2.62. The van der Waals surface area contributed by atoms with Crippen molar-refractivity contribution >= 4 is 34.4 Å². The van der Waals surface area contributed by atoms with E-state index in [1.807, 2.05) is 26.0 Å². The monoisotopic (exact) mass is 357 g/mol. The average Bonchev–Trinajstić information content (AvgIpc) is 3.13. The van der Waals surface area contributed by atoms with Gasteiger partial charge in [-0.2, -0.15) is 5.26 Å².